The van der Waals surface area contributed by atoms with Crippen molar-refractivity contribution in [3.8, 4) is 0 Å². The Labute approximate surface area is 311 Å². The van der Waals surface area contributed by atoms with Crippen LogP contribution in [-0.2, 0) is 32.7 Å². The molecule has 10 heteroatoms. The maximum absolute atomic E-state index is 12.5. The molecule has 3 N–H and O–H groups in total. The second kappa shape index (κ2) is 37.7. The summed E-state index contributed by atoms with van der Waals surface area (Å²) in [5.41, 5.74) is 5.33. The largest absolute Gasteiger partial charge is 0.472 e. The van der Waals surface area contributed by atoms with E-state index in [2.05, 4.69) is 62.5 Å². The molecule has 0 saturated carbocycles. The Balaban J connectivity index is 4.27. The van der Waals surface area contributed by atoms with Crippen molar-refractivity contribution in [1.29, 1.82) is 0 Å². The molecule has 0 aromatic heterocycles. The van der Waals surface area contributed by atoms with Crippen LogP contribution in [0.25, 0.3) is 0 Å². The number of phosphoric acid groups is 1. The van der Waals surface area contributed by atoms with Gasteiger partial charge in [0.2, 0.25) is 0 Å². The molecule has 0 aliphatic carbocycles. The monoisotopic (exact) mass is 740 g/mol. The van der Waals surface area contributed by atoms with Crippen molar-refractivity contribution in [2.45, 2.75) is 174 Å². The molecule has 2 unspecified atom stereocenters. The average molecular weight is 740 g/mol. The summed E-state index contributed by atoms with van der Waals surface area (Å²) in [4.78, 5) is 34.8. The van der Waals surface area contributed by atoms with E-state index in [0.717, 1.165) is 77.0 Å². The van der Waals surface area contributed by atoms with Crippen molar-refractivity contribution >= 4 is 19.8 Å². The van der Waals surface area contributed by atoms with Gasteiger partial charge in [0, 0.05) is 19.4 Å². The van der Waals surface area contributed by atoms with Crippen LogP contribution >= 0.6 is 7.82 Å². The molecule has 0 aliphatic rings. The van der Waals surface area contributed by atoms with Crippen molar-refractivity contribution < 1.29 is 37.6 Å². The van der Waals surface area contributed by atoms with E-state index in [9.17, 15) is 19.0 Å². The van der Waals surface area contributed by atoms with E-state index < -0.39 is 32.5 Å². The molecule has 0 aromatic carbocycles. The first-order chi connectivity index (χ1) is 24.8. The molecule has 0 amide bonds. The first-order valence-electron chi connectivity index (χ1n) is 20.1. The molecule has 0 heterocycles. The van der Waals surface area contributed by atoms with E-state index in [1.807, 2.05) is 0 Å². The molecule has 0 aromatic rings. The predicted octanol–water partition coefficient (Wildman–Crippen LogP) is 11.2. The number of unbranched alkanes of at least 4 members (excludes halogenated alkanes) is 18. The Bertz CT molecular complexity index is 981. The predicted molar refractivity (Wildman–Crippen MR) is 210 cm³/mol. The lowest BCUT2D eigenvalue weighted by Crippen LogP contribution is -2.29. The fraction of sp³-hybridized carbons (Fsp3) is 0.756. The van der Waals surface area contributed by atoms with Crippen LogP contribution in [0.1, 0.15) is 168 Å². The van der Waals surface area contributed by atoms with Gasteiger partial charge in [0.25, 0.3) is 0 Å². The number of carbonyl (C=O) groups is 2. The van der Waals surface area contributed by atoms with Crippen molar-refractivity contribution in [3.63, 3.8) is 0 Å². The topological polar surface area (TPSA) is 134 Å². The molecule has 51 heavy (non-hydrogen) atoms. The molecule has 0 rings (SSSR count). The Kier molecular flexibility index (Phi) is 36.2. The van der Waals surface area contributed by atoms with Gasteiger partial charge in [-0.1, -0.05) is 140 Å². The van der Waals surface area contributed by atoms with Gasteiger partial charge in [0.05, 0.1) is 13.2 Å². The van der Waals surface area contributed by atoms with Crippen LogP contribution in [0.2, 0.25) is 0 Å². The number of nitrogens with two attached hydrogens (primary N) is 1. The summed E-state index contributed by atoms with van der Waals surface area (Å²) in [7, 11) is -4.38. The third-order valence-corrected chi connectivity index (χ3v) is 9.23. The van der Waals surface area contributed by atoms with Crippen LogP contribution in [-0.4, -0.2) is 49.3 Å². The third-order valence-electron chi connectivity index (χ3n) is 8.24. The Hall–Kier alpha value is -2.03. The van der Waals surface area contributed by atoms with Gasteiger partial charge in [0.1, 0.15) is 6.61 Å². The van der Waals surface area contributed by atoms with E-state index in [-0.39, 0.29) is 32.6 Å². The zero-order valence-electron chi connectivity index (χ0n) is 32.3. The standard InChI is InChI=1S/C41H74NO8P/c1-3-5-7-9-11-13-15-17-19-21-23-25-27-29-31-33-40(43)47-37-39(38-49-51(45,46)48-36-35-42)50-41(44)34-32-30-28-26-24-22-20-18-16-14-12-10-8-6-4-2/h13-20,39H,3-12,21-38,42H2,1-2H3,(H,45,46)/b15-13-,16-14-,19-17-,20-18-. The lowest BCUT2D eigenvalue weighted by atomic mass is 10.1. The fourth-order valence-electron chi connectivity index (χ4n) is 5.20. The first kappa shape index (κ1) is 49.0. The number of allylic oxidation sites excluding steroid dienone is 8. The summed E-state index contributed by atoms with van der Waals surface area (Å²) in [6, 6.07) is 0. The Morgan fingerprint density at radius 1 is 0.588 bits per heavy atom. The zero-order chi connectivity index (χ0) is 37.5. The molecule has 0 spiro atoms. The molecule has 0 saturated heterocycles. The van der Waals surface area contributed by atoms with Crippen LogP contribution in [0.15, 0.2) is 48.6 Å². The van der Waals surface area contributed by atoms with E-state index in [4.69, 9.17) is 24.3 Å². The van der Waals surface area contributed by atoms with E-state index in [1.165, 1.54) is 51.4 Å². The number of phosphoric ester groups is 1. The van der Waals surface area contributed by atoms with E-state index in [0.29, 0.717) is 12.8 Å². The molecule has 2 atom stereocenters. The van der Waals surface area contributed by atoms with Gasteiger partial charge in [-0.05, 0) is 64.2 Å². The highest BCUT2D eigenvalue weighted by molar-refractivity contribution is 7.47. The molecule has 9 nitrogen and oxygen atoms in total. The van der Waals surface area contributed by atoms with Gasteiger partial charge in [0.15, 0.2) is 6.10 Å². The van der Waals surface area contributed by atoms with Crippen molar-refractivity contribution in [1.82, 2.24) is 0 Å². The van der Waals surface area contributed by atoms with Gasteiger partial charge < -0.3 is 20.1 Å². The lowest BCUT2D eigenvalue weighted by Gasteiger charge is -2.19. The molecule has 0 fully saturated rings. The Morgan fingerprint density at radius 2 is 1.00 bits per heavy atom. The number of ether oxygens (including phenoxy) is 2. The van der Waals surface area contributed by atoms with E-state index in [1.54, 1.807) is 0 Å². The number of hydrogen-bond donors (Lipinski definition) is 2. The number of rotatable bonds is 37. The summed E-state index contributed by atoms with van der Waals surface area (Å²) in [5.74, 6) is -0.867. The number of carbonyl (C=O) groups excluding carboxylic acids is 2. The highest BCUT2D eigenvalue weighted by Gasteiger charge is 2.25. The second-order valence-corrected chi connectivity index (χ2v) is 14.7. The second-order valence-electron chi connectivity index (χ2n) is 13.2. The quantitative estimate of drug-likeness (QED) is 0.0276. The minimum Gasteiger partial charge on any atom is -0.462 e. The van der Waals surface area contributed by atoms with Gasteiger partial charge in [-0.3, -0.25) is 18.6 Å². The minimum atomic E-state index is -4.38. The minimum absolute atomic E-state index is 0.0468. The molecule has 0 aliphatic heterocycles. The van der Waals surface area contributed by atoms with Crippen LogP contribution in [0.4, 0.5) is 0 Å². The Morgan fingerprint density at radius 3 is 1.45 bits per heavy atom. The SMILES string of the molecule is CCCCCC/C=C\C=C/CCCCCCCC(=O)OCC(COP(=O)(O)OCCN)OC(=O)CCCCCCC/C=C\C=C/CCCCCC. The zero-order valence-corrected chi connectivity index (χ0v) is 33.2. The van der Waals surface area contributed by atoms with Crippen LogP contribution < -0.4 is 5.73 Å². The van der Waals surface area contributed by atoms with Crippen LogP contribution in [0.5, 0.6) is 0 Å². The van der Waals surface area contributed by atoms with Crippen molar-refractivity contribution in [2.75, 3.05) is 26.4 Å². The first-order valence-corrected chi connectivity index (χ1v) is 21.6. The summed E-state index contributed by atoms with van der Waals surface area (Å²) in [5, 5.41) is 0. The molecule has 0 bridgehead atoms. The van der Waals surface area contributed by atoms with Gasteiger partial charge in [-0.2, -0.15) is 0 Å². The summed E-state index contributed by atoms with van der Waals surface area (Å²) in [6.07, 6.45) is 41.3. The van der Waals surface area contributed by atoms with Gasteiger partial charge >= 0.3 is 19.8 Å². The summed E-state index contributed by atoms with van der Waals surface area (Å²) in [6.45, 7) is 3.64. The maximum atomic E-state index is 12.5. The highest BCUT2D eigenvalue weighted by atomic mass is 31.2. The fourth-order valence-corrected chi connectivity index (χ4v) is 5.97. The number of hydrogen-bond acceptors (Lipinski definition) is 8. The van der Waals surface area contributed by atoms with Crippen LogP contribution in [0.3, 0.4) is 0 Å². The highest BCUT2D eigenvalue weighted by Crippen LogP contribution is 2.43. The van der Waals surface area contributed by atoms with E-state index >= 15 is 0 Å². The summed E-state index contributed by atoms with van der Waals surface area (Å²) < 4.78 is 32.7. The molecular weight excluding hydrogens is 665 g/mol. The maximum Gasteiger partial charge on any atom is 0.472 e. The smallest absolute Gasteiger partial charge is 0.462 e. The average Bonchev–Trinajstić information content (AvgIpc) is 3.11. The molecular formula is C41H74NO8P. The normalized spacial score (nSPS) is 13.9. The molecule has 296 valence electrons. The van der Waals surface area contributed by atoms with Gasteiger partial charge in [-0.15, -0.1) is 0 Å². The third kappa shape index (κ3) is 37.5. The van der Waals surface area contributed by atoms with Gasteiger partial charge in [-0.25, -0.2) is 4.57 Å². The van der Waals surface area contributed by atoms with Crippen molar-refractivity contribution in [3.05, 3.63) is 48.6 Å². The van der Waals surface area contributed by atoms with Crippen LogP contribution in [0, 0.1) is 0 Å². The summed E-state index contributed by atoms with van der Waals surface area (Å²) >= 11 is 0. The van der Waals surface area contributed by atoms with Crippen molar-refractivity contribution in [2.24, 2.45) is 5.73 Å². The molecule has 0 radical (unpaired) electrons. The lowest BCUT2D eigenvalue weighted by molar-refractivity contribution is -0.161. The number of esters is 2.